The summed E-state index contributed by atoms with van der Waals surface area (Å²) in [7, 11) is 2.12. The van der Waals surface area contributed by atoms with Gasteiger partial charge in [-0.3, -0.25) is 14.9 Å². The van der Waals surface area contributed by atoms with Gasteiger partial charge in [0.2, 0.25) is 0 Å². The highest BCUT2D eigenvalue weighted by Crippen LogP contribution is 2.25. The minimum atomic E-state index is -0.494. The molecule has 1 fully saturated rings. The van der Waals surface area contributed by atoms with Crippen molar-refractivity contribution in [1.82, 2.24) is 4.90 Å². The Morgan fingerprint density at radius 3 is 2.38 bits per heavy atom. The predicted molar refractivity (Wildman–Crippen MR) is 95.1 cm³/mol. The molecule has 1 N–H and O–H groups in total. The summed E-state index contributed by atoms with van der Waals surface area (Å²) < 4.78 is 0. The third kappa shape index (κ3) is 3.72. The van der Waals surface area contributed by atoms with E-state index in [-0.39, 0.29) is 10.9 Å². The third-order valence-electron chi connectivity index (χ3n) is 3.99. The second-order valence-electron chi connectivity index (χ2n) is 5.69. The average Bonchev–Trinajstić information content (AvgIpc) is 3.07. The van der Waals surface area contributed by atoms with Crippen molar-refractivity contribution in [2.24, 2.45) is 0 Å². The van der Waals surface area contributed by atoms with Crippen LogP contribution in [0.5, 0.6) is 0 Å². The maximum absolute atomic E-state index is 12.1. The van der Waals surface area contributed by atoms with Gasteiger partial charge in [-0.25, -0.2) is 0 Å². The number of thiophene rings is 1. The monoisotopic (exact) mass is 346 g/mol. The molecular weight excluding hydrogens is 328 g/mol. The topological polar surface area (TPSA) is 78.7 Å². The number of amides is 1. The summed E-state index contributed by atoms with van der Waals surface area (Å²) in [6.45, 7) is 4.05. The van der Waals surface area contributed by atoms with Gasteiger partial charge in [0.05, 0.1) is 9.80 Å². The summed E-state index contributed by atoms with van der Waals surface area (Å²) in [5, 5.41) is 13.4. The SMILES string of the molecule is CN1CCN(c2ccc(NC(=O)c3ccc([N+](=O)[O-])s3)cc2)CC1. The van der Waals surface area contributed by atoms with E-state index in [2.05, 4.69) is 22.2 Å². The van der Waals surface area contributed by atoms with Crippen LogP contribution in [0.3, 0.4) is 0 Å². The number of carbonyl (C=O) groups excluding carboxylic acids is 1. The molecular formula is C16H18N4O3S. The summed E-state index contributed by atoms with van der Waals surface area (Å²) in [5.74, 6) is -0.333. The standard InChI is InChI=1S/C16H18N4O3S/c1-18-8-10-19(11-9-18)13-4-2-12(3-5-13)17-16(21)14-6-7-15(24-14)20(22)23/h2-7H,8-11H2,1H3,(H,17,21). The fourth-order valence-corrected chi connectivity index (χ4v) is 3.28. The molecule has 1 aliphatic heterocycles. The van der Waals surface area contributed by atoms with Crippen molar-refractivity contribution >= 4 is 33.6 Å². The predicted octanol–water partition coefficient (Wildman–Crippen LogP) is 2.66. The quantitative estimate of drug-likeness (QED) is 0.680. The molecule has 1 aromatic heterocycles. The number of likely N-dealkylation sites (N-methyl/N-ethyl adjacent to an activating group) is 1. The summed E-state index contributed by atoms with van der Waals surface area (Å²) in [6.07, 6.45) is 0. The second kappa shape index (κ2) is 6.98. The van der Waals surface area contributed by atoms with Gasteiger partial charge >= 0.3 is 5.00 Å². The van der Waals surface area contributed by atoms with E-state index in [4.69, 9.17) is 0 Å². The maximum atomic E-state index is 12.1. The van der Waals surface area contributed by atoms with Gasteiger partial charge < -0.3 is 15.1 Å². The Morgan fingerprint density at radius 2 is 1.79 bits per heavy atom. The van der Waals surface area contributed by atoms with Gasteiger partial charge in [0.15, 0.2) is 0 Å². The summed E-state index contributed by atoms with van der Waals surface area (Å²) in [6, 6.07) is 10.5. The second-order valence-corrected chi connectivity index (χ2v) is 6.75. The molecule has 24 heavy (non-hydrogen) atoms. The molecule has 2 heterocycles. The molecule has 3 rings (SSSR count). The van der Waals surface area contributed by atoms with Crippen molar-refractivity contribution in [2.45, 2.75) is 0 Å². The van der Waals surface area contributed by atoms with E-state index in [0.717, 1.165) is 43.2 Å². The van der Waals surface area contributed by atoms with Crippen LogP contribution in [0.2, 0.25) is 0 Å². The van der Waals surface area contributed by atoms with Gasteiger partial charge in [-0.05, 0) is 37.4 Å². The first-order valence-corrected chi connectivity index (χ1v) is 8.44. The average molecular weight is 346 g/mol. The Bertz CT molecular complexity index is 736. The number of hydrogen-bond acceptors (Lipinski definition) is 6. The Morgan fingerprint density at radius 1 is 1.12 bits per heavy atom. The van der Waals surface area contributed by atoms with Gasteiger partial charge in [0.25, 0.3) is 5.91 Å². The molecule has 0 radical (unpaired) electrons. The number of nitro groups is 1. The molecule has 0 spiro atoms. The number of nitrogens with one attached hydrogen (secondary N) is 1. The van der Waals surface area contributed by atoms with Gasteiger partial charge in [0, 0.05) is 43.6 Å². The Balaban J connectivity index is 1.63. The van der Waals surface area contributed by atoms with Crippen molar-refractivity contribution in [2.75, 3.05) is 43.4 Å². The van der Waals surface area contributed by atoms with E-state index >= 15 is 0 Å². The van der Waals surface area contributed by atoms with Crippen LogP contribution in [-0.2, 0) is 0 Å². The molecule has 1 aliphatic rings. The van der Waals surface area contributed by atoms with E-state index in [1.165, 1.54) is 12.1 Å². The number of nitrogens with zero attached hydrogens (tertiary/aromatic N) is 3. The van der Waals surface area contributed by atoms with Crippen molar-refractivity contribution in [1.29, 1.82) is 0 Å². The molecule has 126 valence electrons. The normalized spacial score (nSPS) is 15.3. The lowest BCUT2D eigenvalue weighted by atomic mass is 10.2. The van der Waals surface area contributed by atoms with E-state index in [1.54, 1.807) is 0 Å². The van der Waals surface area contributed by atoms with Crippen molar-refractivity contribution in [3.8, 4) is 0 Å². The number of rotatable bonds is 4. The van der Waals surface area contributed by atoms with Crippen LogP contribution < -0.4 is 10.2 Å². The molecule has 1 aromatic carbocycles. The van der Waals surface area contributed by atoms with E-state index < -0.39 is 4.92 Å². The van der Waals surface area contributed by atoms with E-state index in [9.17, 15) is 14.9 Å². The highest BCUT2D eigenvalue weighted by molar-refractivity contribution is 7.17. The molecule has 0 bridgehead atoms. The highest BCUT2D eigenvalue weighted by Gasteiger charge is 2.16. The van der Waals surface area contributed by atoms with Crippen LogP contribution >= 0.6 is 11.3 Å². The minimum Gasteiger partial charge on any atom is -0.369 e. The number of benzene rings is 1. The van der Waals surface area contributed by atoms with Crippen LogP contribution in [0.1, 0.15) is 9.67 Å². The Kier molecular flexibility index (Phi) is 4.77. The van der Waals surface area contributed by atoms with Crippen LogP contribution in [-0.4, -0.2) is 49.0 Å². The fourth-order valence-electron chi connectivity index (χ4n) is 2.56. The van der Waals surface area contributed by atoms with Gasteiger partial charge in [-0.15, -0.1) is 0 Å². The zero-order valence-corrected chi connectivity index (χ0v) is 14.1. The molecule has 1 amide bonds. The van der Waals surface area contributed by atoms with Gasteiger partial charge in [0.1, 0.15) is 0 Å². The smallest absolute Gasteiger partial charge is 0.324 e. The lowest BCUT2D eigenvalue weighted by Crippen LogP contribution is -2.44. The summed E-state index contributed by atoms with van der Waals surface area (Å²) >= 11 is 0.870. The van der Waals surface area contributed by atoms with Crippen LogP contribution in [0.4, 0.5) is 16.4 Å². The number of anilines is 2. The summed E-state index contributed by atoms with van der Waals surface area (Å²) in [5.41, 5.74) is 1.81. The number of carbonyl (C=O) groups is 1. The molecule has 0 atom stereocenters. The van der Waals surface area contributed by atoms with Crippen molar-refractivity contribution in [3.05, 3.63) is 51.4 Å². The number of piperazine rings is 1. The lowest BCUT2D eigenvalue weighted by molar-refractivity contribution is -0.380. The molecule has 0 saturated carbocycles. The Labute approximate surface area is 143 Å². The first-order chi connectivity index (χ1) is 11.5. The first-order valence-electron chi connectivity index (χ1n) is 7.62. The largest absolute Gasteiger partial charge is 0.369 e. The van der Waals surface area contributed by atoms with E-state index in [1.807, 2.05) is 24.3 Å². The zero-order chi connectivity index (χ0) is 17.1. The highest BCUT2D eigenvalue weighted by atomic mass is 32.1. The molecule has 8 heteroatoms. The van der Waals surface area contributed by atoms with Crippen LogP contribution in [0.15, 0.2) is 36.4 Å². The molecule has 2 aromatic rings. The van der Waals surface area contributed by atoms with Gasteiger partial charge in [-0.2, -0.15) is 0 Å². The molecule has 1 saturated heterocycles. The molecule has 0 unspecified atom stereocenters. The Hall–Kier alpha value is -2.45. The maximum Gasteiger partial charge on any atom is 0.324 e. The summed E-state index contributed by atoms with van der Waals surface area (Å²) in [4.78, 5) is 27.3. The van der Waals surface area contributed by atoms with Crippen LogP contribution in [0.25, 0.3) is 0 Å². The zero-order valence-electron chi connectivity index (χ0n) is 13.3. The lowest BCUT2D eigenvalue weighted by Gasteiger charge is -2.34. The molecule has 0 aliphatic carbocycles. The van der Waals surface area contributed by atoms with E-state index in [0.29, 0.717) is 10.6 Å². The number of hydrogen-bond donors (Lipinski definition) is 1. The molecule has 7 nitrogen and oxygen atoms in total. The van der Waals surface area contributed by atoms with Crippen molar-refractivity contribution in [3.63, 3.8) is 0 Å². The first kappa shape index (κ1) is 16.4. The minimum absolute atomic E-state index is 0.0365. The van der Waals surface area contributed by atoms with Gasteiger partial charge in [-0.1, -0.05) is 11.3 Å². The van der Waals surface area contributed by atoms with Crippen LogP contribution in [0, 0.1) is 10.1 Å². The van der Waals surface area contributed by atoms with Crippen molar-refractivity contribution < 1.29 is 9.72 Å². The third-order valence-corrected chi connectivity index (χ3v) is 5.02. The fraction of sp³-hybridized carbons (Fsp3) is 0.312.